The number of amides is 1. The molecule has 3 nitrogen and oxygen atoms in total. The minimum atomic E-state index is -0.647. The Morgan fingerprint density at radius 3 is 2.41 bits per heavy atom. The van der Waals surface area contributed by atoms with Crippen molar-refractivity contribution in [3.05, 3.63) is 59.7 Å². The molecule has 0 aliphatic heterocycles. The first-order valence-corrected chi connectivity index (χ1v) is 10.4. The van der Waals surface area contributed by atoms with Gasteiger partial charge < -0.3 is 9.64 Å². The van der Waals surface area contributed by atoms with E-state index in [4.69, 9.17) is 4.74 Å². The van der Waals surface area contributed by atoms with E-state index >= 15 is 0 Å². The topological polar surface area (TPSA) is 29.5 Å². The van der Waals surface area contributed by atoms with Gasteiger partial charge in [-0.05, 0) is 43.9 Å². The Kier molecular flexibility index (Phi) is 7.91. The highest BCUT2D eigenvalue weighted by atomic mass is 79.9. The third-order valence-electron chi connectivity index (χ3n) is 4.57. The van der Waals surface area contributed by atoms with Crippen molar-refractivity contribution in [1.29, 1.82) is 0 Å². The normalized spacial score (nSPS) is 11.3. The largest absolute Gasteiger partial charge is 0.497 e. The van der Waals surface area contributed by atoms with E-state index in [-0.39, 0.29) is 5.91 Å². The highest BCUT2D eigenvalue weighted by molar-refractivity contribution is 9.10. The number of ether oxygens (including phenoxy) is 1. The van der Waals surface area contributed by atoms with Gasteiger partial charge in [0.25, 0.3) is 0 Å². The summed E-state index contributed by atoms with van der Waals surface area (Å²) in [6, 6.07) is 16.2. The van der Waals surface area contributed by atoms with Gasteiger partial charge >= 0.3 is 0 Å². The Labute approximate surface area is 171 Å². The zero-order valence-electron chi connectivity index (χ0n) is 16.8. The van der Waals surface area contributed by atoms with Crippen molar-refractivity contribution in [2.45, 2.75) is 57.3 Å². The maximum absolute atomic E-state index is 13.3. The molecule has 2 aromatic carbocycles. The molecule has 0 saturated carbocycles. The van der Waals surface area contributed by atoms with Crippen LogP contribution < -0.4 is 9.64 Å². The van der Waals surface area contributed by atoms with E-state index in [1.54, 1.807) is 7.11 Å². The SMILES string of the molecule is CCCCCc1ccc(OC)cc1N(Cc1ccccc1)C(=O)C(C)(C)Br. The van der Waals surface area contributed by atoms with E-state index in [0.717, 1.165) is 29.8 Å². The van der Waals surface area contributed by atoms with Gasteiger partial charge in [-0.2, -0.15) is 0 Å². The summed E-state index contributed by atoms with van der Waals surface area (Å²) in [5.41, 5.74) is 3.22. The van der Waals surface area contributed by atoms with E-state index in [0.29, 0.717) is 6.54 Å². The van der Waals surface area contributed by atoms with E-state index in [1.807, 2.05) is 49.1 Å². The molecule has 4 heteroatoms. The van der Waals surface area contributed by atoms with Gasteiger partial charge in [-0.1, -0.05) is 72.1 Å². The van der Waals surface area contributed by atoms with Crippen LogP contribution in [0, 0.1) is 0 Å². The van der Waals surface area contributed by atoms with Crippen molar-refractivity contribution in [2.75, 3.05) is 12.0 Å². The van der Waals surface area contributed by atoms with Crippen LogP contribution in [0.2, 0.25) is 0 Å². The van der Waals surface area contributed by atoms with Crippen LogP contribution in [0.5, 0.6) is 5.75 Å². The number of benzene rings is 2. The van der Waals surface area contributed by atoms with Gasteiger partial charge in [-0.3, -0.25) is 4.79 Å². The molecule has 0 saturated heterocycles. The van der Waals surface area contributed by atoms with Gasteiger partial charge in [0.2, 0.25) is 5.91 Å². The summed E-state index contributed by atoms with van der Waals surface area (Å²) >= 11 is 3.56. The summed E-state index contributed by atoms with van der Waals surface area (Å²) in [5, 5.41) is 0. The van der Waals surface area contributed by atoms with Gasteiger partial charge in [0.15, 0.2) is 0 Å². The van der Waals surface area contributed by atoms with Crippen molar-refractivity contribution in [3.8, 4) is 5.75 Å². The minimum absolute atomic E-state index is 0.0383. The van der Waals surface area contributed by atoms with Crippen molar-refractivity contribution >= 4 is 27.5 Å². The molecule has 0 heterocycles. The fraction of sp³-hybridized carbons (Fsp3) is 0.435. The van der Waals surface area contributed by atoms with Gasteiger partial charge in [0.05, 0.1) is 23.7 Å². The van der Waals surface area contributed by atoms with Gasteiger partial charge in [0.1, 0.15) is 5.75 Å². The first kappa shape index (κ1) is 21.5. The average molecular weight is 432 g/mol. The Balaban J connectivity index is 2.47. The van der Waals surface area contributed by atoms with E-state index in [2.05, 4.69) is 41.1 Å². The van der Waals surface area contributed by atoms with Crippen LogP contribution in [0.3, 0.4) is 0 Å². The first-order chi connectivity index (χ1) is 12.9. The number of carbonyl (C=O) groups is 1. The quantitative estimate of drug-likeness (QED) is 0.352. The number of nitrogens with zero attached hydrogens (tertiary/aromatic N) is 1. The van der Waals surface area contributed by atoms with Crippen LogP contribution in [-0.4, -0.2) is 17.3 Å². The molecule has 0 bridgehead atoms. The lowest BCUT2D eigenvalue weighted by molar-refractivity contribution is -0.120. The molecule has 0 aromatic heterocycles. The summed E-state index contributed by atoms with van der Waals surface area (Å²) in [7, 11) is 1.66. The fourth-order valence-electron chi connectivity index (χ4n) is 3.05. The smallest absolute Gasteiger partial charge is 0.243 e. The summed E-state index contributed by atoms with van der Waals surface area (Å²) in [6.45, 7) is 6.52. The number of anilines is 1. The molecule has 0 aliphatic carbocycles. The van der Waals surface area contributed by atoms with E-state index in [1.165, 1.54) is 18.4 Å². The standard InChI is InChI=1S/C23H30BrNO2/c1-5-6-8-13-19-14-15-20(27-4)16-21(19)25(22(26)23(2,3)24)17-18-11-9-7-10-12-18/h7,9-12,14-16H,5-6,8,13,17H2,1-4H3. The molecule has 0 atom stereocenters. The van der Waals surface area contributed by atoms with Gasteiger partial charge in [-0.25, -0.2) is 0 Å². The summed E-state index contributed by atoms with van der Waals surface area (Å²) < 4.78 is 4.80. The van der Waals surface area contributed by atoms with Crippen LogP contribution in [0.1, 0.15) is 51.2 Å². The lowest BCUT2D eigenvalue weighted by Gasteiger charge is -2.31. The zero-order chi connectivity index (χ0) is 19.9. The summed E-state index contributed by atoms with van der Waals surface area (Å²) in [6.07, 6.45) is 4.42. The van der Waals surface area contributed by atoms with Crippen LogP contribution in [-0.2, 0) is 17.8 Å². The molecule has 2 rings (SSSR count). The Morgan fingerprint density at radius 1 is 1.11 bits per heavy atom. The molecule has 0 unspecified atom stereocenters. The number of unbranched alkanes of at least 4 members (excludes halogenated alkanes) is 2. The number of methoxy groups -OCH3 is 1. The number of aryl methyl sites for hydroxylation is 1. The number of carbonyl (C=O) groups excluding carboxylic acids is 1. The van der Waals surface area contributed by atoms with E-state index < -0.39 is 4.32 Å². The fourth-order valence-corrected chi connectivity index (χ4v) is 3.27. The Morgan fingerprint density at radius 2 is 1.81 bits per heavy atom. The van der Waals surface area contributed by atoms with Gasteiger partial charge in [0, 0.05) is 6.07 Å². The van der Waals surface area contributed by atoms with Crippen molar-refractivity contribution in [1.82, 2.24) is 0 Å². The zero-order valence-corrected chi connectivity index (χ0v) is 18.4. The third kappa shape index (κ3) is 6.10. The molecule has 146 valence electrons. The Hall–Kier alpha value is -1.81. The van der Waals surface area contributed by atoms with Crippen LogP contribution in [0.25, 0.3) is 0 Å². The highest BCUT2D eigenvalue weighted by Gasteiger charge is 2.31. The molecule has 0 fully saturated rings. The number of rotatable bonds is 9. The van der Waals surface area contributed by atoms with Crippen molar-refractivity contribution < 1.29 is 9.53 Å². The maximum Gasteiger partial charge on any atom is 0.243 e. The first-order valence-electron chi connectivity index (χ1n) is 9.58. The summed E-state index contributed by atoms with van der Waals surface area (Å²) in [5.74, 6) is 0.804. The Bertz CT molecular complexity index is 738. The van der Waals surface area contributed by atoms with Crippen molar-refractivity contribution in [3.63, 3.8) is 0 Å². The monoisotopic (exact) mass is 431 g/mol. The molecule has 0 radical (unpaired) electrons. The summed E-state index contributed by atoms with van der Waals surface area (Å²) in [4.78, 5) is 15.2. The average Bonchev–Trinajstić information content (AvgIpc) is 2.66. The van der Waals surface area contributed by atoms with Gasteiger partial charge in [-0.15, -0.1) is 0 Å². The predicted molar refractivity (Wildman–Crippen MR) is 117 cm³/mol. The molecule has 2 aromatic rings. The minimum Gasteiger partial charge on any atom is -0.497 e. The number of hydrogen-bond donors (Lipinski definition) is 0. The molecule has 0 N–H and O–H groups in total. The lowest BCUT2D eigenvalue weighted by atomic mass is 10.0. The van der Waals surface area contributed by atoms with E-state index in [9.17, 15) is 4.79 Å². The van der Waals surface area contributed by atoms with Crippen LogP contribution >= 0.6 is 15.9 Å². The second kappa shape index (κ2) is 9.93. The number of alkyl halides is 1. The highest BCUT2D eigenvalue weighted by Crippen LogP contribution is 2.32. The lowest BCUT2D eigenvalue weighted by Crippen LogP contribution is -2.42. The van der Waals surface area contributed by atoms with Crippen LogP contribution in [0.4, 0.5) is 5.69 Å². The molecule has 0 aliphatic rings. The molecular formula is C23H30BrNO2. The number of hydrogen-bond acceptors (Lipinski definition) is 2. The molecule has 1 amide bonds. The molecular weight excluding hydrogens is 402 g/mol. The molecule has 0 spiro atoms. The van der Waals surface area contributed by atoms with Crippen LogP contribution in [0.15, 0.2) is 48.5 Å². The number of halogens is 1. The second-order valence-corrected chi connectivity index (χ2v) is 9.28. The maximum atomic E-state index is 13.3. The van der Waals surface area contributed by atoms with Crippen molar-refractivity contribution in [2.24, 2.45) is 0 Å². The third-order valence-corrected chi connectivity index (χ3v) is 4.91. The molecule has 27 heavy (non-hydrogen) atoms. The predicted octanol–water partition coefficient (Wildman–Crippen LogP) is 6.13. The second-order valence-electron chi connectivity index (χ2n) is 7.30.